The first-order valence-corrected chi connectivity index (χ1v) is 14.2. The standard InChI is InChI=1S/C24H17N5O4S4/c1-9-13(21-25-11(3)28-29(21)27-9)23-34-17-15(31)19-20(16(32)18(17)35-23)37-24(36-19)14(10(2)30)22(33)26-12-7-5-4-6-8-12/h4-8,31-32H,1-3H3,(H,26,33). The first-order chi connectivity index (χ1) is 17.7. The summed E-state index contributed by atoms with van der Waals surface area (Å²) >= 11 is 4.87. The molecular weight excluding hydrogens is 551 g/mol. The fourth-order valence-corrected chi connectivity index (χ4v) is 9.58. The highest BCUT2D eigenvalue weighted by molar-refractivity contribution is 8.32. The Morgan fingerprint density at radius 2 is 1.49 bits per heavy atom. The number of fused-ring (bicyclic) bond motifs is 3. The third-order valence-electron chi connectivity index (χ3n) is 5.60. The minimum atomic E-state index is -0.542. The molecule has 6 rings (SSSR count). The maximum Gasteiger partial charge on any atom is 0.260 e. The molecule has 0 aliphatic carbocycles. The molecule has 0 fully saturated rings. The Bertz CT molecular complexity index is 1710. The van der Waals surface area contributed by atoms with Gasteiger partial charge in [-0.15, -0.1) is 9.73 Å². The van der Waals surface area contributed by atoms with E-state index in [1.54, 1.807) is 31.2 Å². The van der Waals surface area contributed by atoms with Gasteiger partial charge in [0.15, 0.2) is 11.4 Å². The number of carbonyl (C=O) groups excluding carboxylic acids is 2. The number of rotatable bonds is 3. The second-order valence-electron chi connectivity index (χ2n) is 8.18. The molecule has 1 amide bonds. The van der Waals surface area contributed by atoms with Gasteiger partial charge in [-0.25, -0.2) is 4.98 Å². The van der Waals surface area contributed by atoms with Crippen LogP contribution in [0.15, 0.2) is 59.7 Å². The fraction of sp³-hybridized carbons (Fsp3) is 0.125. The van der Waals surface area contributed by atoms with E-state index in [0.717, 1.165) is 38.7 Å². The number of amides is 1. The zero-order valence-corrected chi connectivity index (χ0v) is 22.8. The lowest BCUT2D eigenvalue weighted by molar-refractivity contribution is -0.118. The van der Waals surface area contributed by atoms with Crippen molar-refractivity contribution in [2.45, 2.75) is 40.4 Å². The number of nitrogens with one attached hydrogen (secondary N) is 1. The molecule has 3 N–H and O–H groups in total. The molecule has 0 bridgehead atoms. The molecule has 13 heteroatoms. The lowest BCUT2D eigenvalue weighted by Gasteiger charge is -2.08. The predicted octanol–water partition coefficient (Wildman–Crippen LogP) is 4.47. The SMILES string of the molecule is CC(=O)C(C(=O)Nc1ccccc1)=C1Sc2c(O)c3c(c(O)c2S1)SC(=c1c(C)nn2nc(C)nc12)S3. The van der Waals surface area contributed by atoms with Crippen LogP contribution in [-0.4, -0.2) is 41.7 Å². The zero-order valence-electron chi connectivity index (χ0n) is 19.5. The number of para-hydroxylation sites is 1. The van der Waals surface area contributed by atoms with E-state index in [9.17, 15) is 19.8 Å². The average molecular weight is 568 g/mol. The molecule has 0 spiro atoms. The van der Waals surface area contributed by atoms with Crippen molar-refractivity contribution < 1.29 is 19.8 Å². The molecule has 37 heavy (non-hydrogen) atoms. The maximum atomic E-state index is 13.0. The Balaban J connectivity index is 1.40. The van der Waals surface area contributed by atoms with Crippen molar-refractivity contribution in [1.29, 1.82) is 0 Å². The van der Waals surface area contributed by atoms with Crippen LogP contribution in [-0.2, 0) is 9.59 Å². The minimum absolute atomic E-state index is 0.00000532. The van der Waals surface area contributed by atoms with E-state index in [0.29, 0.717) is 41.0 Å². The van der Waals surface area contributed by atoms with Crippen LogP contribution in [0.25, 0.3) is 9.88 Å². The molecule has 0 unspecified atom stereocenters. The summed E-state index contributed by atoms with van der Waals surface area (Å²) in [6.07, 6.45) is 0. The highest BCUT2D eigenvalue weighted by Crippen LogP contribution is 2.67. The van der Waals surface area contributed by atoms with E-state index in [1.165, 1.54) is 35.1 Å². The highest BCUT2D eigenvalue weighted by atomic mass is 32.2. The van der Waals surface area contributed by atoms with Crippen molar-refractivity contribution in [3.63, 3.8) is 0 Å². The molecule has 2 aromatic carbocycles. The minimum Gasteiger partial charge on any atom is -0.505 e. The number of anilines is 1. The van der Waals surface area contributed by atoms with Crippen LogP contribution < -0.4 is 10.5 Å². The predicted molar refractivity (Wildman–Crippen MR) is 145 cm³/mol. The van der Waals surface area contributed by atoms with E-state index in [4.69, 9.17) is 0 Å². The molecule has 2 aromatic heterocycles. The lowest BCUT2D eigenvalue weighted by Crippen LogP contribution is -2.19. The van der Waals surface area contributed by atoms with Crippen LogP contribution in [0, 0.1) is 13.8 Å². The van der Waals surface area contributed by atoms with Gasteiger partial charge in [-0.05, 0) is 32.9 Å². The Morgan fingerprint density at radius 3 is 2.08 bits per heavy atom. The summed E-state index contributed by atoms with van der Waals surface area (Å²) in [5.41, 5.74) is 1.90. The number of benzene rings is 2. The van der Waals surface area contributed by atoms with Gasteiger partial charge in [0.25, 0.3) is 5.91 Å². The van der Waals surface area contributed by atoms with Gasteiger partial charge in [-0.2, -0.15) is 5.10 Å². The maximum absolute atomic E-state index is 13.0. The average Bonchev–Trinajstić information content (AvgIpc) is 3.60. The largest absolute Gasteiger partial charge is 0.505 e. The molecular formula is C24H17N5O4S4. The molecule has 0 saturated heterocycles. The Kier molecular flexibility index (Phi) is 5.90. The van der Waals surface area contributed by atoms with E-state index < -0.39 is 11.7 Å². The summed E-state index contributed by atoms with van der Waals surface area (Å²) in [5, 5.41) is 34.7. The Morgan fingerprint density at radius 1 is 0.892 bits per heavy atom. The van der Waals surface area contributed by atoms with Gasteiger partial charge in [0.1, 0.15) is 22.9 Å². The molecule has 4 heterocycles. The van der Waals surface area contributed by atoms with Gasteiger partial charge < -0.3 is 15.5 Å². The van der Waals surface area contributed by atoms with Crippen LogP contribution in [0.4, 0.5) is 5.69 Å². The first-order valence-electron chi connectivity index (χ1n) is 10.9. The number of hydrogen-bond donors (Lipinski definition) is 3. The summed E-state index contributed by atoms with van der Waals surface area (Å²) in [6, 6.07) is 8.85. The monoisotopic (exact) mass is 567 g/mol. The summed E-state index contributed by atoms with van der Waals surface area (Å²) in [7, 11) is 0. The number of phenolic OH excluding ortho intramolecular Hbond substituents is 2. The number of nitrogens with zero attached hydrogens (tertiary/aromatic N) is 4. The molecule has 2 aliphatic heterocycles. The van der Waals surface area contributed by atoms with Crippen molar-refractivity contribution in [2.75, 3.05) is 5.32 Å². The number of aryl methyl sites for hydroxylation is 2. The number of carbonyl (C=O) groups is 2. The normalized spacial score (nSPS) is 14.2. The molecule has 4 aromatic rings. The van der Waals surface area contributed by atoms with Crippen molar-refractivity contribution in [3.8, 4) is 11.5 Å². The molecule has 0 radical (unpaired) electrons. The van der Waals surface area contributed by atoms with Crippen LogP contribution in [0.2, 0.25) is 0 Å². The summed E-state index contributed by atoms with van der Waals surface area (Å²) < 4.78 is 2.72. The number of aromatic nitrogens is 4. The highest BCUT2D eigenvalue weighted by Gasteiger charge is 2.37. The van der Waals surface area contributed by atoms with E-state index in [2.05, 4.69) is 20.5 Å². The van der Waals surface area contributed by atoms with E-state index in [-0.39, 0.29) is 17.1 Å². The number of hydrogen-bond acceptors (Lipinski definition) is 11. The van der Waals surface area contributed by atoms with Gasteiger partial charge in [-0.1, -0.05) is 65.2 Å². The van der Waals surface area contributed by atoms with Gasteiger partial charge >= 0.3 is 0 Å². The number of aromatic hydroxyl groups is 2. The summed E-state index contributed by atoms with van der Waals surface area (Å²) in [4.78, 5) is 31.8. The van der Waals surface area contributed by atoms with Crippen molar-refractivity contribution in [3.05, 3.63) is 56.9 Å². The van der Waals surface area contributed by atoms with Gasteiger partial charge in [0.2, 0.25) is 0 Å². The van der Waals surface area contributed by atoms with Gasteiger partial charge in [0.05, 0.1) is 39.0 Å². The number of ketones is 1. The van der Waals surface area contributed by atoms with E-state index in [1.807, 2.05) is 13.0 Å². The van der Waals surface area contributed by atoms with Gasteiger partial charge in [-0.3, -0.25) is 9.59 Å². The molecule has 9 nitrogen and oxygen atoms in total. The van der Waals surface area contributed by atoms with Crippen LogP contribution in [0.5, 0.6) is 11.5 Å². The second kappa shape index (κ2) is 9.01. The third-order valence-corrected chi connectivity index (χ3v) is 10.8. The summed E-state index contributed by atoms with van der Waals surface area (Å²) in [5.74, 6) is -0.350. The van der Waals surface area contributed by atoms with Crippen molar-refractivity contribution in [1.82, 2.24) is 19.8 Å². The van der Waals surface area contributed by atoms with Crippen molar-refractivity contribution >= 4 is 74.3 Å². The molecule has 0 atom stereocenters. The topological polar surface area (TPSA) is 130 Å². The Hall–Kier alpha value is -3.13. The van der Waals surface area contributed by atoms with Crippen LogP contribution in [0.1, 0.15) is 18.4 Å². The third kappa shape index (κ3) is 3.97. The number of thioether (sulfide) groups is 4. The number of phenols is 2. The Labute approximate surface area is 227 Å². The van der Waals surface area contributed by atoms with Crippen LogP contribution >= 0.6 is 47.0 Å². The molecule has 2 aliphatic rings. The second-order valence-corrected chi connectivity index (χ2v) is 12.8. The smallest absolute Gasteiger partial charge is 0.260 e. The first kappa shape index (κ1) is 24.2. The zero-order chi connectivity index (χ0) is 26.0. The van der Waals surface area contributed by atoms with Crippen LogP contribution in [0.3, 0.4) is 0 Å². The number of Topliss-reactive ketones (excluding diaryl/α,β-unsaturated/α-hetero) is 1. The fourth-order valence-electron chi connectivity index (χ4n) is 3.97. The molecule has 186 valence electrons. The lowest BCUT2D eigenvalue weighted by atomic mass is 10.2. The quantitative estimate of drug-likeness (QED) is 0.140. The summed E-state index contributed by atoms with van der Waals surface area (Å²) in [6.45, 7) is 4.98. The van der Waals surface area contributed by atoms with E-state index >= 15 is 0 Å². The van der Waals surface area contributed by atoms with Crippen molar-refractivity contribution in [2.24, 2.45) is 0 Å². The molecule has 0 saturated carbocycles. The van der Waals surface area contributed by atoms with Gasteiger partial charge in [0, 0.05) is 5.69 Å².